The summed E-state index contributed by atoms with van der Waals surface area (Å²) in [5.41, 5.74) is 7.22. The molecular weight excluding hydrogens is 252 g/mol. The standard InChI is InChI=1S/C13H19ClN2S/c1-2-3-4-7-17-9-11-6-5-10(13(15)16)8-12(11)14/h5-6,8H,2-4,7,9H2,1H3,(H3,15,16). The Hall–Kier alpha value is -0.670. The van der Waals surface area contributed by atoms with Gasteiger partial charge in [-0.3, -0.25) is 5.41 Å². The smallest absolute Gasteiger partial charge is 0.122 e. The molecule has 0 fully saturated rings. The number of nitrogens with two attached hydrogens (primary N) is 1. The molecular formula is C13H19ClN2S. The summed E-state index contributed by atoms with van der Waals surface area (Å²) < 4.78 is 0. The zero-order valence-corrected chi connectivity index (χ0v) is 11.7. The summed E-state index contributed by atoms with van der Waals surface area (Å²) >= 11 is 8.05. The van der Waals surface area contributed by atoms with E-state index in [9.17, 15) is 0 Å². The summed E-state index contributed by atoms with van der Waals surface area (Å²) in [5, 5.41) is 8.04. The summed E-state index contributed by atoms with van der Waals surface area (Å²) in [5.74, 6) is 2.17. The van der Waals surface area contributed by atoms with Gasteiger partial charge in [0.2, 0.25) is 0 Å². The molecule has 1 rings (SSSR count). The monoisotopic (exact) mass is 270 g/mol. The van der Waals surface area contributed by atoms with Crippen LogP contribution in [0.2, 0.25) is 5.02 Å². The molecule has 0 aliphatic heterocycles. The number of hydrogen-bond donors (Lipinski definition) is 2. The topological polar surface area (TPSA) is 49.9 Å². The molecule has 3 N–H and O–H groups in total. The van der Waals surface area contributed by atoms with E-state index in [0.717, 1.165) is 11.3 Å². The molecule has 0 aliphatic carbocycles. The molecule has 0 radical (unpaired) electrons. The van der Waals surface area contributed by atoms with Crippen molar-refractivity contribution in [2.45, 2.75) is 31.9 Å². The molecule has 0 unspecified atom stereocenters. The van der Waals surface area contributed by atoms with Crippen LogP contribution in [0.4, 0.5) is 0 Å². The SMILES string of the molecule is CCCCCSCc1ccc(C(=N)N)cc1Cl. The second-order valence-electron chi connectivity index (χ2n) is 3.98. The molecule has 1 aromatic carbocycles. The summed E-state index contributed by atoms with van der Waals surface area (Å²) in [4.78, 5) is 0. The lowest BCUT2D eigenvalue weighted by Gasteiger charge is -2.06. The van der Waals surface area contributed by atoms with Crippen molar-refractivity contribution in [3.05, 3.63) is 34.3 Å². The van der Waals surface area contributed by atoms with E-state index in [4.69, 9.17) is 22.7 Å². The van der Waals surface area contributed by atoms with Crippen molar-refractivity contribution in [1.82, 2.24) is 0 Å². The fourth-order valence-corrected chi connectivity index (χ4v) is 2.82. The molecule has 0 heterocycles. The first-order valence-electron chi connectivity index (χ1n) is 5.85. The van der Waals surface area contributed by atoms with E-state index in [1.807, 2.05) is 23.9 Å². The summed E-state index contributed by atoms with van der Waals surface area (Å²) in [6.07, 6.45) is 3.82. The van der Waals surface area contributed by atoms with Crippen molar-refractivity contribution < 1.29 is 0 Å². The van der Waals surface area contributed by atoms with E-state index in [2.05, 4.69) is 6.92 Å². The Labute approximate surface area is 112 Å². The first-order valence-corrected chi connectivity index (χ1v) is 7.39. The molecule has 0 saturated heterocycles. The highest BCUT2D eigenvalue weighted by Gasteiger charge is 2.03. The Bertz CT molecular complexity index is 380. The quantitative estimate of drug-likeness (QED) is 0.446. The van der Waals surface area contributed by atoms with E-state index in [1.54, 1.807) is 6.07 Å². The lowest BCUT2D eigenvalue weighted by atomic mass is 10.1. The van der Waals surface area contributed by atoms with Gasteiger partial charge in [0, 0.05) is 16.3 Å². The average Bonchev–Trinajstić information content (AvgIpc) is 2.30. The number of nitrogens with one attached hydrogen (secondary N) is 1. The van der Waals surface area contributed by atoms with Crippen molar-refractivity contribution in [2.75, 3.05) is 5.75 Å². The molecule has 0 saturated carbocycles. The van der Waals surface area contributed by atoms with E-state index < -0.39 is 0 Å². The van der Waals surface area contributed by atoms with E-state index in [1.165, 1.54) is 25.0 Å². The summed E-state index contributed by atoms with van der Waals surface area (Å²) in [7, 11) is 0. The van der Waals surface area contributed by atoms with Crippen molar-refractivity contribution in [1.29, 1.82) is 5.41 Å². The fraction of sp³-hybridized carbons (Fsp3) is 0.462. The molecule has 2 nitrogen and oxygen atoms in total. The Kier molecular flexibility index (Phi) is 6.45. The number of thioether (sulfide) groups is 1. The van der Waals surface area contributed by atoms with Crippen LogP contribution in [0.3, 0.4) is 0 Å². The third-order valence-electron chi connectivity index (χ3n) is 2.51. The van der Waals surface area contributed by atoms with Gasteiger partial charge in [-0.2, -0.15) is 11.8 Å². The van der Waals surface area contributed by atoms with Crippen LogP contribution in [-0.2, 0) is 5.75 Å². The van der Waals surface area contributed by atoms with Gasteiger partial charge >= 0.3 is 0 Å². The highest BCUT2D eigenvalue weighted by molar-refractivity contribution is 7.98. The van der Waals surface area contributed by atoms with Gasteiger partial charge in [-0.25, -0.2) is 0 Å². The fourth-order valence-electron chi connectivity index (χ4n) is 1.47. The molecule has 4 heteroatoms. The van der Waals surface area contributed by atoms with Gasteiger partial charge in [-0.15, -0.1) is 0 Å². The van der Waals surface area contributed by atoms with Crippen molar-refractivity contribution >= 4 is 29.2 Å². The predicted octanol–water partition coefficient (Wildman–Crippen LogP) is 4.05. The largest absolute Gasteiger partial charge is 0.384 e. The number of hydrogen-bond acceptors (Lipinski definition) is 2. The van der Waals surface area contributed by atoms with Crippen LogP contribution in [0.25, 0.3) is 0 Å². The summed E-state index contributed by atoms with van der Waals surface area (Å²) in [6, 6.07) is 5.59. The second-order valence-corrected chi connectivity index (χ2v) is 5.49. The lowest BCUT2D eigenvalue weighted by molar-refractivity contribution is 0.778. The van der Waals surface area contributed by atoms with Crippen LogP contribution in [0.1, 0.15) is 37.3 Å². The third-order valence-corrected chi connectivity index (χ3v) is 3.96. The number of unbranched alkanes of at least 4 members (excludes halogenated alkanes) is 2. The minimum atomic E-state index is 0.0639. The van der Waals surface area contributed by atoms with Crippen LogP contribution in [0, 0.1) is 5.41 Å². The second kappa shape index (κ2) is 7.62. The predicted molar refractivity (Wildman–Crippen MR) is 78.2 cm³/mol. The van der Waals surface area contributed by atoms with E-state index in [-0.39, 0.29) is 5.84 Å². The average molecular weight is 271 g/mol. The number of nitrogen functional groups attached to an aromatic ring is 1. The molecule has 17 heavy (non-hydrogen) atoms. The van der Waals surface area contributed by atoms with Crippen molar-refractivity contribution in [2.24, 2.45) is 5.73 Å². The molecule has 1 aromatic rings. The van der Waals surface area contributed by atoms with Crippen molar-refractivity contribution in [3.63, 3.8) is 0 Å². The Morgan fingerprint density at radius 1 is 1.41 bits per heavy atom. The summed E-state index contributed by atoms with van der Waals surface area (Å²) in [6.45, 7) is 2.21. The third kappa shape index (κ3) is 5.00. The number of benzene rings is 1. The first kappa shape index (κ1) is 14.4. The van der Waals surface area contributed by atoms with Crippen LogP contribution in [0.5, 0.6) is 0 Å². The van der Waals surface area contributed by atoms with Crippen LogP contribution in [-0.4, -0.2) is 11.6 Å². The normalized spacial score (nSPS) is 10.5. The van der Waals surface area contributed by atoms with E-state index in [0.29, 0.717) is 10.6 Å². The van der Waals surface area contributed by atoms with Crippen LogP contribution in [0.15, 0.2) is 18.2 Å². The maximum absolute atomic E-state index is 7.33. The Morgan fingerprint density at radius 3 is 2.76 bits per heavy atom. The molecule has 94 valence electrons. The highest BCUT2D eigenvalue weighted by Crippen LogP contribution is 2.23. The minimum Gasteiger partial charge on any atom is -0.384 e. The molecule has 0 amide bonds. The van der Waals surface area contributed by atoms with Gasteiger partial charge in [0.25, 0.3) is 0 Å². The molecule has 0 atom stereocenters. The minimum absolute atomic E-state index is 0.0639. The maximum atomic E-state index is 7.33. The van der Waals surface area contributed by atoms with Crippen LogP contribution < -0.4 is 5.73 Å². The van der Waals surface area contributed by atoms with Gasteiger partial charge < -0.3 is 5.73 Å². The Balaban J connectivity index is 2.46. The first-order chi connectivity index (χ1) is 8.15. The van der Waals surface area contributed by atoms with Gasteiger partial charge in [0.05, 0.1) is 0 Å². The number of rotatable bonds is 7. The van der Waals surface area contributed by atoms with Crippen LogP contribution >= 0.6 is 23.4 Å². The maximum Gasteiger partial charge on any atom is 0.122 e. The number of halogens is 1. The Morgan fingerprint density at radius 2 is 2.18 bits per heavy atom. The lowest BCUT2D eigenvalue weighted by Crippen LogP contribution is -2.10. The zero-order chi connectivity index (χ0) is 12.7. The molecule has 0 aromatic heterocycles. The van der Waals surface area contributed by atoms with E-state index >= 15 is 0 Å². The molecule has 0 aliphatic rings. The van der Waals surface area contributed by atoms with Gasteiger partial charge in [-0.1, -0.05) is 43.5 Å². The van der Waals surface area contributed by atoms with Gasteiger partial charge in [0.1, 0.15) is 5.84 Å². The zero-order valence-electron chi connectivity index (χ0n) is 10.1. The van der Waals surface area contributed by atoms with Gasteiger partial charge in [-0.05, 0) is 23.8 Å². The van der Waals surface area contributed by atoms with Gasteiger partial charge in [0.15, 0.2) is 0 Å². The molecule has 0 spiro atoms. The van der Waals surface area contributed by atoms with Crippen molar-refractivity contribution in [3.8, 4) is 0 Å². The highest BCUT2D eigenvalue weighted by atomic mass is 35.5. The molecule has 0 bridgehead atoms. The number of amidine groups is 1.